The van der Waals surface area contributed by atoms with Crippen molar-refractivity contribution in [2.75, 3.05) is 0 Å². The zero-order valence-corrected chi connectivity index (χ0v) is 11.0. The third-order valence-corrected chi connectivity index (χ3v) is 2.79. The van der Waals surface area contributed by atoms with Crippen molar-refractivity contribution < 1.29 is 4.84 Å². The first-order chi connectivity index (χ1) is 9.83. The summed E-state index contributed by atoms with van der Waals surface area (Å²) in [6.07, 6.45) is 3.39. The Labute approximate surface area is 118 Å². The van der Waals surface area contributed by atoms with E-state index >= 15 is 0 Å². The maximum Gasteiger partial charge on any atom is 0.142 e. The topological polar surface area (TPSA) is 45.4 Å². The van der Waals surface area contributed by atoms with Gasteiger partial charge in [-0.1, -0.05) is 54.2 Å². The Hall–Kier alpha value is -2.86. The highest BCUT2D eigenvalue weighted by atomic mass is 16.6. The maximum atomic E-state index is 8.80. The summed E-state index contributed by atoms with van der Waals surface area (Å²) in [5, 5.41) is 12.7. The molecule has 2 aromatic carbocycles. The summed E-state index contributed by atoms with van der Waals surface area (Å²) in [5.41, 5.74) is 3.51. The van der Waals surface area contributed by atoms with Crippen LogP contribution in [0.25, 0.3) is 6.08 Å². The minimum Gasteiger partial charge on any atom is -0.391 e. The van der Waals surface area contributed by atoms with Crippen LogP contribution in [0.2, 0.25) is 0 Å². The number of hydrogen-bond acceptors (Lipinski definition) is 3. The van der Waals surface area contributed by atoms with Crippen LogP contribution < -0.4 is 0 Å². The first-order valence-electron chi connectivity index (χ1n) is 6.19. The lowest BCUT2D eigenvalue weighted by Crippen LogP contribution is -1.91. The molecular weight excluding hydrogens is 248 g/mol. The predicted molar refractivity (Wildman–Crippen MR) is 80.1 cm³/mol. The minimum atomic E-state index is 0.386. The summed E-state index contributed by atoms with van der Waals surface area (Å²) in [4.78, 5) is 5.28. The van der Waals surface area contributed by atoms with Crippen LogP contribution in [-0.4, -0.2) is 6.21 Å². The second-order valence-corrected chi connectivity index (χ2v) is 4.15. The molecule has 0 N–H and O–H groups in total. The molecular formula is C17H14N2O. The highest BCUT2D eigenvalue weighted by Gasteiger charge is 1.97. The second-order valence-electron chi connectivity index (χ2n) is 4.15. The van der Waals surface area contributed by atoms with E-state index in [1.54, 1.807) is 24.4 Å². The van der Waals surface area contributed by atoms with Crippen LogP contribution in [0.4, 0.5) is 0 Å². The average Bonchev–Trinajstić information content (AvgIpc) is 2.52. The molecule has 0 saturated heterocycles. The highest BCUT2D eigenvalue weighted by molar-refractivity contribution is 5.79. The van der Waals surface area contributed by atoms with Crippen molar-refractivity contribution in [2.45, 2.75) is 6.61 Å². The average molecular weight is 262 g/mol. The molecule has 20 heavy (non-hydrogen) atoms. The quantitative estimate of drug-likeness (QED) is 0.608. The summed E-state index contributed by atoms with van der Waals surface area (Å²) < 4.78 is 0. The van der Waals surface area contributed by atoms with Crippen LogP contribution in [0.15, 0.2) is 60.3 Å². The smallest absolute Gasteiger partial charge is 0.142 e. The van der Waals surface area contributed by atoms with Gasteiger partial charge in [0.05, 0.1) is 17.8 Å². The molecule has 0 bridgehead atoms. The van der Waals surface area contributed by atoms with Gasteiger partial charge in [0.25, 0.3) is 0 Å². The van der Waals surface area contributed by atoms with Crippen molar-refractivity contribution >= 4 is 12.3 Å². The second kappa shape index (κ2) is 6.91. The summed E-state index contributed by atoms with van der Waals surface area (Å²) in [7, 11) is 0. The van der Waals surface area contributed by atoms with Gasteiger partial charge in [-0.2, -0.15) is 5.26 Å². The molecule has 0 radical (unpaired) electrons. The number of hydrogen-bond donors (Lipinski definition) is 0. The van der Waals surface area contributed by atoms with E-state index in [0.717, 1.165) is 16.7 Å². The predicted octanol–water partition coefficient (Wildman–Crippen LogP) is 3.75. The van der Waals surface area contributed by atoms with Crippen LogP contribution in [0, 0.1) is 11.3 Å². The van der Waals surface area contributed by atoms with Gasteiger partial charge in [0, 0.05) is 0 Å². The Morgan fingerprint density at radius 1 is 1.20 bits per heavy atom. The largest absolute Gasteiger partial charge is 0.391 e. The van der Waals surface area contributed by atoms with Gasteiger partial charge in [-0.3, -0.25) is 0 Å². The highest BCUT2D eigenvalue weighted by Crippen LogP contribution is 2.11. The van der Waals surface area contributed by atoms with Crippen molar-refractivity contribution in [1.82, 2.24) is 0 Å². The fraction of sp³-hybridized carbons (Fsp3) is 0.0588. The summed E-state index contributed by atoms with van der Waals surface area (Å²) in [6.45, 7) is 4.15. The van der Waals surface area contributed by atoms with Crippen molar-refractivity contribution in [2.24, 2.45) is 5.16 Å². The van der Waals surface area contributed by atoms with Crippen molar-refractivity contribution in [1.29, 1.82) is 5.26 Å². The van der Waals surface area contributed by atoms with Gasteiger partial charge in [0.2, 0.25) is 0 Å². The van der Waals surface area contributed by atoms with E-state index in [9.17, 15) is 0 Å². The Kier molecular flexibility index (Phi) is 4.69. The van der Waals surface area contributed by atoms with Crippen LogP contribution in [-0.2, 0) is 11.4 Å². The fourth-order valence-electron chi connectivity index (χ4n) is 1.76. The number of nitrogens with zero attached hydrogens (tertiary/aromatic N) is 2. The minimum absolute atomic E-state index is 0.386. The number of oxime groups is 1. The van der Waals surface area contributed by atoms with Gasteiger partial charge in [-0.25, -0.2) is 0 Å². The van der Waals surface area contributed by atoms with E-state index in [0.29, 0.717) is 12.2 Å². The molecule has 0 amide bonds. The molecule has 2 aromatic rings. The van der Waals surface area contributed by atoms with Gasteiger partial charge in [0.15, 0.2) is 0 Å². The van der Waals surface area contributed by atoms with Gasteiger partial charge in [-0.15, -0.1) is 0 Å². The molecule has 2 rings (SSSR count). The summed E-state index contributed by atoms with van der Waals surface area (Å²) in [5.74, 6) is 0. The van der Waals surface area contributed by atoms with E-state index in [-0.39, 0.29) is 0 Å². The van der Waals surface area contributed by atoms with Gasteiger partial charge < -0.3 is 4.84 Å². The Bertz CT molecular complexity index is 669. The first kappa shape index (κ1) is 13.6. The monoisotopic (exact) mass is 262 g/mol. The molecule has 0 aliphatic carbocycles. The molecule has 0 aromatic heterocycles. The molecule has 98 valence electrons. The van der Waals surface area contributed by atoms with Gasteiger partial charge in [-0.05, 0) is 28.8 Å². The standard InChI is InChI=1S/C17H14N2O/c1-2-16-8-3-4-9-17(16)13-20-19-12-15-7-5-6-14(10-15)11-18/h2-10,12H,1,13H2. The fourth-order valence-corrected chi connectivity index (χ4v) is 1.76. The molecule has 0 atom stereocenters. The Morgan fingerprint density at radius 3 is 2.85 bits per heavy atom. The van der Waals surface area contributed by atoms with Crippen LogP contribution in [0.5, 0.6) is 0 Å². The SMILES string of the molecule is C=Cc1ccccc1CON=Cc1cccc(C#N)c1. The lowest BCUT2D eigenvalue weighted by Gasteiger charge is -2.03. The van der Waals surface area contributed by atoms with Crippen molar-refractivity contribution in [3.8, 4) is 6.07 Å². The van der Waals surface area contributed by atoms with E-state index < -0.39 is 0 Å². The van der Waals surface area contributed by atoms with E-state index in [1.807, 2.05) is 36.4 Å². The first-order valence-corrected chi connectivity index (χ1v) is 6.19. The number of benzene rings is 2. The molecule has 3 heteroatoms. The lowest BCUT2D eigenvalue weighted by atomic mass is 10.1. The lowest BCUT2D eigenvalue weighted by molar-refractivity contribution is 0.132. The molecule has 0 saturated carbocycles. The van der Waals surface area contributed by atoms with Crippen molar-refractivity contribution in [3.05, 3.63) is 77.4 Å². The molecule has 0 aliphatic heterocycles. The van der Waals surface area contributed by atoms with Crippen LogP contribution in [0.1, 0.15) is 22.3 Å². The van der Waals surface area contributed by atoms with Crippen LogP contribution in [0.3, 0.4) is 0 Å². The molecule has 0 aliphatic rings. The number of rotatable bonds is 5. The van der Waals surface area contributed by atoms with Crippen molar-refractivity contribution in [3.63, 3.8) is 0 Å². The van der Waals surface area contributed by atoms with E-state index in [4.69, 9.17) is 10.1 Å². The molecule has 0 heterocycles. The van der Waals surface area contributed by atoms with Gasteiger partial charge >= 0.3 is 0 Å². The maximum absolute atomic E-state index is 8.80. The zero-order valence-electron chi connectivity index (χ0n) is 11.0. The Morgan fingerprint density at radius 2 is 2.05 bits per heavy atom. The molecule has 0 fully saturated rings. The molecule has 0 unspecified atom stereocenters. The number of nitriles is 1. The van der Waals surface area contributed by atoms with E-state index in [1.165, 1.54) is 0 Å². The third-order valence-electron chi connectivity index (χ3n) is 2.79. The van der Waals surface area contributed by atoms with Gasteiger partial charge in [0.1, 0.15) is 6.61 Å². The normalized spacial score (nSPS) is 10.2. The van der Waals surface area contributed by atoms with Crippen LogP contribution >= 0.6 is 0 Å². The summed E-state index contributed by atoms with van der Waals surface area (Å²) in [6, 6.07) is 17.1. The molecule has 3 nitrogen and oxygen atoms in total. The third kappa shape index (κ3) is 3.56. The summed E-state index contributed by atoms with van der Waals surface area (Å²) >= 11 is 0. The Balaban J connectivity index is 1.97. The van der Waals surface area contributed by atoms with E-state index in [2.05, 4.69) is 17.8 Å². The molecule has 0 spiro atoms. The zero-order chi connectivity index (χ0) is 14.2.